The van der Waals surface area contributed by atoms with Gasteiger partial charge < -0.3 is 20.7 Å². The molecule has 2 rings (SSSR count). The summed E-state index contributed by atoms with van der Waals surface area (Å²) in [5, 5.41) is 9.75. The fourth-order valence-electron chi connectivity index (χ4n) is 2.26. The van der Waals surface area contributed by atoms with E-state index in [9.17, 15) is 35.9 Å². The van der Waals surface area contributed by atoms with Crippen LogP contribution in [0.3, 0.4) is 0 Å². The monoisotopic (exact) mass is 439 g/mol. The lowest BCUT2D eigenvalue weighted by Gasteiger charge is -2.14. The molecule has 14 heteroatoms. The summed E-state index contributed by atoms with van der Waals surface area (Å²) in [5.41, 5.74) is -2.30. The van der Waals surface area contributed by atoms with Crippen molar-refractivity contribution in [3.05, 3.63) is 41.7 Å². The number of amides is 3. The summed E-state index contributed by atoms with van der Waals surface area (Å²) in [7, 11) is 1.22. The predicted octanol–water partition coefficient (Wildman–Crippen LogP) is 2.89. The van der Waals surface area contributed by atoms with E-state index in [1.807, 2.05) is 0 Å². The van der Waals surface area contributed by atoms with Crippen LogP contribution >= 0.6 is 0 Å². The number of benzene rings is 1. The van der Waals surface area contributed by atoms with Crippen molar-refractivity contribution in [1.82, 2.24) is 20.4 Å². The molecular formula is C16H15F6N5O3. The highest BCUT2D eigenvalue weighted by molar-refractivity contribution is 5.95. The quantitative estimate of drug-likeness (QED) is 0.476. The number of para-hydroxylation sites is 2. The first-order valence-electron chi connectivity index (χ1n) is 8.15. The molecule has 0 unspecified atom stereocenters. The van der Waals surface area contributed by atoms with Gasteiger partial charge in [-0.1, -0.05) is 12.1 Å². The fraction of sp³-hybridized carbons (Fsp3) is 0.312. The molecule has 0 atom stereocenters. The molecule has 8 nitrogen and oxygen atoms in total. The number of halogens is 6. The summed E-state index contributed by atoms with van der Waals surface area (Å²) < 4.78 is 80.3. The van der Waals surface area contributed by atoms with E-state index in [4.69, 9.17) is 0 Å². The van der Waals surface area contributed by atoms with Gasteiger partial charge in [-0.3, -0.25) is 9.48 Å². The van der Waals surface area contributed by atoms with Crippen molar-refractivity contribution in [3.63, 3.8) is 0 Å². The highest BCUT2D eigenvalue weighted by atomic mass is 19.4. The van der Waals surface area contributed by atoms with Crippen molar-refractivity contribution >= 4 is 17.6 Å². The number of aromatic nitrogens is 2. The van der Waals surface area contributed by atoms with Crippen LogP contribution in [0.2, 0.25) is 0 Å². The van der Waals surface area contributed by atoms with E-state index in [1.165, 1.54) is 25.2 Å². The molecular weight excluding hydrogens is 424 g/mol. The standard InChI is InChI=1S/C16H15F6N5O3/c1-27-8-9(12(26-27)15(17,18)19)13(28)23-6-7-24-14(29)25-10-4-2-3-5-11(10)30-16(20,21)22/h2-5,8H,6-7H2,1H3,(H,23,28)(H2,24,25,29). The normalized spacial score (nSPS) is 11.7. The summed E-state index contributed by atoms with van der Waals surface area (Å²) >= 11 is 0. The van der Waals surface area contributed by atoms with Crippen LogP contribution in [0, 0.1) is 0 Å². The Balaban J connectivity index is 1.86. The number of nitrogens with zero attached hydrogens (tertiary/aromatic N) is 2. The Hall–Kier alpha value is -3.45. The van der Waals surface area contributed by atoms with Gasteiger partial charge in [-0.15, -0.1) is 13.2 Å². The minimum atomic E-state index is -4.96. The van der Waals surface area contributed by atoms with Crippen LogP contribution in [-0.4, -0.2) is 41.2 Å². The zero-order valence-electron chi connectivity index (χ0n) is 15.2. The van der Waals surface area contributed by atoms with Gasteiger partial charge >= 0.3 is 18.6 Å². The number of rotatable bonds is 6. The number of alkyl halides is 6. The van der Waals surface area contributed by atoms with Crippen LogP contribution in [0.1, 0.15) is 16.1 Å². The van der Waals surface area contributed by atoms with E-state index in [1.54, 1.807) is 0 Å². The minimum absolute atomic E-state index is 0.221. The summed E-state index contributed by atoms with van der Waals surface area (Å²) in [6.07, 6.45) is -8.88. The second-order valence-corrected chi connectivity index (χ2v) is 5.74. The molecule has 0 saturated carbocycles. The third-order valence-corrected chi connectivity index (χ3v) is 3.40. The minimum Gasteiger partial charge on any atom is -0.404 e. The third-order valence-electron chi connectivity index (χ3n) is 3.40. The Morgan fingerprint density at radius 1 is 1.07 bits per heavy atom. The highest BCUT2D eigenvalue weighted by Gasteiger charge is 2.38. The Kier molecular flexibility index (Phi) is 6.79. The summed E-state index contributed by atoms with van der Waals surface area (Å²) in [6, 6.07) is 3.89. The largest absolute Gasteiger partial charge is 0.573 e. The number of ether oxygens (including phenoxy) is 1. The molecule has 0 aliphatic carbocycles. The topological polar surface area (TPSA) is 97.3 Å². The molecule has 2 aromatic rings. The molecule has 1 aromatic carbocycles. The van der Waals surface area contributed by atoms with Crippen molar-refractivity contribution in [2.45, 2.75) is 12.5 Å². The molecule has 1 heterocycles. The smallest absolute Gasteiger partial charge is 0.404 e. The number of hydrogen-bond acceptors (Lipinski definition) is 4. The van der Waals surface area contributed by atoms with Crippen molar-refractivity contribution < 1.29 is 40.7 Å². The Morgan fingerprint density at radius 2 is 1.70 bits per heavy atom. The number of carbonyl (C=O) groups excluding carboxylic acids is 2. The van der Waals surface area contributed by atoms with Gasteiger partial charge in [-0.25, -0.2) is 4.79 Å². The number of anilines is 1. The summed E-state index contributed by atoms with van der Waals surface area (Å²) in [6.45, 7) is -0.472. The zero-order chi connectivity index (χ0) is 22.5. The lowest BCUT2D eigenvalue weighted by Crippen LogP contribution is -2.37. The second kappa shape index (κ2) is 8.92. The summed E-state index contributed by atoms with van der Waals surface area (Å²) in [4.78, 5) is 23.7. The van der Waals surface area contributed by atoms with Crippen LogP contribution in [0.25, 0.3) is 0 Å². The van der Waals surface area contributed by atoms with Gasteiger partial charge in [0.2, 0.25) is 0 Å². The van der Waals surface area contributed by atoms with E-state index in [2.05, 4.69) is 25.8 Å². The van der Waals surface area contributed by atoms with Gasteiger partial charge in [0.25, 0.3) is 5.91 Å². The lowest BCUT2D eigenvalue weighted by atomic mass is 10.2. The van der Waals surface area contributed by atoms with E-state index in [0.717, 1.165) is 16.9 Å². The van der Waals surface area contributed by atoms with Crippen LogP contribution in [0.15, 0.2) is 30.5 Å². The molecule has 1 aromatic heterocycles. The van der Waals surface area contributed by atoms with Crippen LogP contribution in [-0.2, 0) is 13.2 Å². The first-order valence-corrected chi connectivity index (χ1v) is 8.15. The molecule has 0 radical (unpaired) electrons. The lowest BCUT2D eigenvalue weighted by molar-refractivity contribution is -0.274. The SMILES string of the molecule is Cn1cc(C(=O)NCCNC(=O)Nc2ccccc2OC(F)(F)F)c(C(F)(F)F)n1. The predicted molar refractivity (Wildman–Crippen MR) is 90.7 cm³/mol. The van der Waals surface area contributed by atoms with E-state index < -0.39 is 41.5 Å². The molecule has 164 valence electrons. The fourth-order valence-corrected chi connectivity index (χ4v) is 2.26. The Bertz CT molecular complexity index is 910. The average molecular weight is 439 g/mol. The molecule has 0 aliphatic rings. The molecule has 0 aliphatic heterocycles. The van der Waals surface area contributed by atoms with E-state index in [-0.39, 0.29) is 18.8 Å². The Morgan fingerprint density at radius 3 is 2.33 bits per heavy atom. The number of nitrogens with one attached hydrogen (secondary N) is 3. The van der Waals surface area contributed by atoms with Crippen LogP contribution < -0.4 is 20.7 Å². The van der Waals surface area contributed by atoms with Crippen LogP contribution in [0.5, 0.6) is 5.75 Å². The van der Waals surface area contributed by atoms with E-state index >= 15 is 0 Å². The van der Waals surface area contributed by atoms with Crippen molar-refractivity contribution in [1.29, 1.82) is 0 Å². The summed E-state index contributed by atoms with van der Waals surface area (Å²) in [5.74, 6) is -1.69. The maximum Gasteiger partial charge on any atom is 0.573 e. The van der Waals surface area contributed by atoms with Gasteiger partial charge in [0.15, 0.2) is 11.4 Å². The van der Waals surface area contributed by atoms with E-state index in [0.29, 0.717) is 0 Å². The second-order valence-electron chi connectivity index (χ2n) is 5.74. The average Bonchev–Trinajstić information content (AvgIpc) is 3.01. The van der Waals surface area contributed by atoms with Gasteiger partial charge in [0.05, 0.1) is 11.3 Å². The molecule has 0 bridgehead atoms. The first-order chi connectivity index (χ1) is 13.9. The third kappa shape index (κ3) is 6.56. The number of urea groups is 1. The van der Waals surface area contributed by atoms with Gasteiger partial charge in [0, 0.05) is 26.3 Å². The number of carbonyl (C=O) groups is 2. The van der Waals surface area contributed by atoms with Gasteiger partial charge in [-0.2, -0.15) is 18.3 Å². The molecule has 3 N–H and O–H groups in total. The molecule has 30 heavy (non-hydrogen) atoms. The molecule has 0 saturated heterocycles. The van der Waals surface area contributed by atoms with Crippen LogP contribution in [0.4, 0.5) is 36.8 Å². The van der Waals surface area contributed by atoms with Gasteiger partial charge in [-0.05, 0) is 12.1 Å². The first kappa shape index (κ1) is 22.8. The number of aryl methyl sites for hydroxylation is 1. The molecule has 3 amide bonds. The maximum absolute atomic E-state index is 12.9. The van der Waals surface area contributed by atoms with Crippen molar-refractivity contribution in [3.8, 4) is 5.75 Å². The number of hydrogen-bond donors (Lipinski definition) is 3. The Labute approximate surface area is 165 Å². The maximum atomic E-state index is 12.9. The molecule has 0 fully saturated rings. The highest BCUT2D eigenvalue weighted by Crippen LogP contribution is 2.31. The van der Waals surface area contributed by atoms with Gasteiger partial charge in [0.1, 0.15) is 0 Å². The molecule has 0 spiro atoms. The zero-order valence-corrected chi connectivity index (χ0v) is 15.2. The van der Waals surface area contributed by atoms with Crippen molar-refractivity contribution in [2.75, 3.05) is 18.4 Å². The van der Waals surface area contributed by atoms with Crippen molar-refractivity contribution in [2.24, 2.45) is 7.05 Å².